The summed E-state index contributed by atoms with van der Waals surface area (Å²) in [5.74, 6) is -0.238. The van der Waals surface area contributed by atoms with Crippen LogP contribution in [0.15, 0.2) is 18.2 Å². The Kier molecular flexibility index (Phi) is 6.64. The number of benzene rings is 1. The Bertz CT molecular complexity index is 352. The Balaban J connectivity index is 2.65. The molecule has 0 fully saturated rings. The topological polar surface area (TPSA) is 41.9 Å². The van der Waals surface area contributed by atoms with Crippen molar-refractivity contribution in [3.8, 4) is 5.75 Å². The Labute approximate surface area is 107 Å². The van der Waals surface area contributed by atoms with E-state index in [0.29, 0.717) is 38.4 Å². The minimum Gasteiger partial charge on any atom is -0.508 e. The molecule has 0 aromatic heterocycles. The summed E-state index contributed by atoms with van der Waals surface area (Å²) in [5, 5.41) is 9.68. The van der Waals surface area contributed by atoms with Crippen LogP contribution in [0, 0.1) is 5.82 Å². The summed E-state index contributed by atoms with van der Waals surface area (Å²) in [6, 6.07) is 3.96. The van der Waals surface area contributed by atoms with Crippen LogP contribution in [0.4, 0.5) is 4.39 Å². The molecule has 0 radical (unpaired) electrons. The van der Waals surface area contributed by atoms with Gasteiger partial charge in [0, 0.05) is 39.4 Å². The van der Waals surface area contributed by atoms with Gasteiger partial charge in [-0.05, 0) is 18.2 Å². The van der Waals surface area contributed by atoms with Crippen LogP contribution in [-0.4, -0.2) is 50.5 Å². The smallest absolute Gasteiger partial charge is 0.123 e. The second-order valence-corrected chi connectivity index (χ2v) is 4.03. The molecule has 1 N–H and O–H groups in total. The van der Waals surface area contributed by atoms with Gasteiger partial charge in [0.15, 0.2) is 0 Å². The normalized spacial score (nSPS) is 11.1. The molecule has 1 rings (SSSR count). The molecule has 0 atom stereocenters. The fourth-order valence-electron chi connectivity index (χ4n) is 1.63. The highest BCUT2D eigenvalue weighted by Gasteiger charge is 2.09. The largest absolute Gasteiger partial charge is 0.508 e. The molecule has 0 heterocycles. The molecule has 1 aromatic rings. The van der Waals surface area contributed by atoms with Crippen molar-refractivity contribution in [2.75, 3.05) is 40.5 Å². The van der Waals surface area contributed by atoms with Crippen LogP contribution in [0.1, 0.15) is 5.56 Å². The number of methoxy groups -OCH3 is 2. The predicted octanol–water partition coefficient (Wildman–Crippen LogP) is 1.63. The molecule has 0 saturated heterocycles. The van der Waals surface area contributed by atoms with Crippen LogP contribution in [-0.2, 0) is 16.0 Å². The van der Waals surface area contributed by atoms with Gasteiger partial charge in [-0.25, -0.2) is 4.39 Å². The van der Waals surface area contributed by atoms with E-state index >= 15 is 0 Å². The number of phenols is 1. The maximum absolute atomic E-state index is 13.1. The van der Waals surface area contributed by atoms with Crippen molar-refractivity contribution < 1.29 is 19.0 Å². The highest BCUT2D eigenvalue weighted by molar-refractivity contribution is 5.32. The summed E-state index contributed by atoms with van der Waals surface area (Å²) in [5.41, 5.74) is 0.571. The number of halogens is 1. The standard InChI is InChI=1S/C13H20FNO3/c1-17-7-5-15(6-8-18-2)10-11-9-12(14)3-4-13(11)16/h3-4,9,16H,5-8,10H2,1-2H3. The molecule has 4 nitrogen and oxygen atoms in total. The third-order valence-electron chi connectivity index (χ3n) is 2.66. The molecule has 0 aliphatic rings. The highest BCUT2D eigenvalue weighted by atomic mass is 19.1. The number of hydrogen-bond donors (Lipinski definition) is 1. The lowest BCUT2D eigenvalue weighted by atomic mass is 10.2. The molecular formula is C13H20FNO3. The second-order valence-electron chi connectivity index (χ2n) is 4.03. The summed E-state index contributed by atoms with van der Waals surface area (Å²) >= 11 is 0. The van der Waals surface area contributed by atoms with Crippen molar-refractivity contribution in [3.05, 3.63) is 29.6 Å². The summed E-state index contributed by atoms with van der Waals surface area (Å²) in [4.78, 5) is 2.04. The predicted molar refractivity (Wildman–Crippen MR) is 67.1 cm³/mol. The zero-order valence-electron chi connectivity index (χ0n) is 10.9. The third kappa shape index (κ3) is 5.00. The first kappa shape index (κ1) is 14.9. The molecule has 0 spiro atoms. The average Bonchev–Trinajstić information content (AvgIpc) is 2.37. The number of ether oxygens (including phenoxy) is 2. The molecule has 1 aromatic carbocycles. The van der Waals surface area contributed by atoms with Crippen molar-refractivity contribution >= 4 is 0 Å². The molecule has 18 heavy (non-hydrogen) atoms. The lowest BCUT2D eigenvalue weighted by Gasteiger charge is -2.22. The molecule has 102 valence electrons. The van der Waals surface area contributed by atoms with E-state index in [-0.39, 0.29) is 11.6 Å². The van der Waals surface area contributed by atoms with Crippen molar-refractivity contribution in [3.63, 3.8) is 0 Å². The molecule has 0 unspecified atom stereocenters. The Morgan fingerprint density at radius 1 is 1.17 bits per heavy atom. The zero-order chi connectivity index (χ0) is 13.4. The zero-order valence-corrected chi connectivity index (χ0v) is 10.9. The van der Waals surface area contributed by atoms with Crippen molar-refractivity contribution in [2.24, 2.45) is 0 Å². The SMILES string of the molecule is COCCN(CCOC)Cc1cc(F)ccc1O. The average molecular weight is 257 g/mol. The first-order valence-electron chi connectivity index (χ1n) is 5.85. The monoisotopic (exact) mass is 257 g/mol. The Hall–Kier alpha value is -1.17. The fraction of sp³-hybridized carbons (Fsp3) is 0.538. The summed E-state index contributed by atoms with van der Waals surface area (Å²) in [6.45, 7) is 3.04. The summed E-state index contributed by atoms with van der Waals surface area (Å²) in [7, 11) is 3.27. The van der Waals surface area contributed by atoms with E-state index in [1.165, 1.54) is 18.2 Å². The fourth-order valence-corrected chi connectivity index (χ4v) is 1.63. The van der Waals surface area contributed by atoms with E-state index in [1.807, 2.05) is 4.90 Å². The van der Waals surface area contributed by atoms with Crippen molar-refractivity contribution in [1.29, 1.82) is 0 Å². The highest BCUT2D eigenvalue weighted by Crippen LogP contribution is 2.19. The minimum atomic E-state index is -0.346. The van der Waals surface area contributed by atoms with E-state index in [9.17, 15) is 9.50 Å². The van der Waals surface area contributed by atoms with E-state index in [2.05, 4.69) is 0 Å². The first-order chi connectivity index (χ1) is 8.67. The van der Waals surface area contributed by atoms with E-state index < -0.39 is 0 Å². The lowest BCUT2D eigenvalue weighted by molar-refractivity contribution is 0.109. The van der Waals surface area contributed by atoms with Crippen LogP contribution in [0.25, 0.3) is 0 Å². The van der Waals surface area contributed by atoms with Crippen LogP contribution in [0.3, 0.4) is 0 Å². The van der Waals surface area contributed by atoms with E-state index in [4.69, 9.17) is 9.47 Å². The van der Waals surface area contributed by atoms with Crippen molar-refractivity contribution in [2.45, 2.75) is 6.54 Å². The summed E-state index contributed by atoms with van der Waals surface area (Å²) in [6.07, 6.45) is 0. The molecule has 0 aliphatic carbocycles. The first-order valence-corrected chi connectivity index (χ1v) is 5.85. The molecule has 5 heteroatoms. The van der Waals surface area contributed by atoms with Gasteiger partial charge in [0.2, 0.25) is 0 Å². The van der Waals surface area contributed by atoms with Gasteiger partial charge >= 0.3 is 0 Å². The van der Waals surface area contributed by atoms with Gasteiger partial charge in [0.1, 0.15) is 11.6 Å². The second kappa shape index (κ2) is 8.02. The number of hydrogen-bond acceptors (Lipinski definition) is 4. The maximum Gasteiger partial charge on any atom is 0.123 e. The van der Waals surface area contributed by atoms with Crippen LogP contribution in [0.2, 0.25) is 0 Å². The molecule has 0 amide bonds. The van der Waals surface area contributed by atoms with E-state index in [1.54, 1.807) is 14.2 Å². The number of rotatable bonds is 8. The van der Waals surface area contributed by atoms with Crippen LogP contribution < -0.4 is 0 Å². The minimum absolute atomic E-state index is 0.108. The number of aromatic hydroxyl groups is 1. The Morgan fingerprint density at radius 2 is 1.78 bits per heavy atom. The molecular weight excluding hydrogens is 237 g/mol. The van der Waals surface area contributed by atoms with Gasteiger partial charge in [-0.3, -0.25) is 4.90 Å². The van der Waals surface area contributed by atoms with Gasteiger partial charge in [0.25, 0.3) is 0 Å². The van der Waals surface area contributed by atoms with E-state index in [0.717, 1.165) is 0 Å². The van der Waals surface area contributed by atoms with Crippen LogP contribution in [0.5, 0.6) is 5.75 Å². The quantitative estimate of drug-likeness (QED) is 0.768. The van der Waals surface area contributed by atoms with Gasteiger partial charge < -0.3 is 14.6 Å². The number of phenolic OH excluding ortho intramolecular Hbond substituents is 1. The van der Waals surface area contributed by atoms with Gasteiger partial charge in [-0.15, -0.1) is 0 Å². The van der Waals surface area contributed by atoms with Gasteiger partial charge in [-0.1, -0.05) is 0 Å². The molecule has 0 saturated carbocycles. The van der Waals surface area contributed by atoms with Gasteiger partial charge in [0.05, 0.1) is 13.2 Å². The van der Waals surface area contributed by atoms with Crippen LogP contribution >= 0.6 is 0 Å². The van der Waals surface area contributed by atoms with Crippen molar-refractivity contribution in [1.82, 2.24) is 4.90 Å². The third-order valence-corrected chi connectivity index (χ3v) is 2.66. The molecule has 0 aliphatic heterocycles. The maximum atomic E-state index is 13.1. The Morgan fingerprint density at radius 3 is 2.33 bits per heavy atom. The number of nitrogens with zero attached hydrogens (tertiary/aromatic N) is 1. The summed E-state index contributed by atoms with van der Waals surface area (Å²) < 4.78 is 23.2. The lowest BCUT2D eigenvalue weighted by Crippen LogP contribution is -2.30. The van der Waals surface area contributed by atoms with Gasteiger partial charge in [-0.2, -0.15) is 0 Å². The molecule has 0 bridgehead atoms.